The summed E-state index contributed by atoms with van der Waals surface area (Å²) in [5.74, 6) is -1.34. The second-order valence-electron chi connectivity index (χ2n) is 5.10. The predicted octanol–water partition coefficient (Wildman–Crippen LogP) is 1.75. The number of non-ortho nitro benzene ring substituents is 1. The van der Waals surface area contributed by atoms with Crippen LogP contribution in [0.25, 0.3) is 0 Å². The number of carbonyl (C=O) groups is 2. The average Bonchev–Trinajstić information content (AvgIpc) is 2.44. The van der Waals surface area contributed by atoms with Crippen LogP contribution in [0.5, 0.6) is 0 Å². The van der Waals surface area contributed by atoms with Crippen LogP contribution in [-0.4, -0.2) is 28.5 Å². The summed E-state index contributed by atoms with van der Waals surface area (Å²) in [5.41, 5.74) is -0.585. The van der Waals surface area contributed by atoms with Gasteiger partial charge < -0.3 is 10.4 Å². The number of amides is 1. The van der Waals surface area contributed by atoms with E-state index in [2.05, 4.69) is 5.32 Å². The molecule has 2 N–H and O–H groups in total. The van der Waals surface area contributed by atoms with Gasteiger partial charge in [0.1, 0.15) is 0 Å². The molecule has 0 saturated carbocycles. The molecule has 1 aromatic rings. The number of nitrogens with zero attached hydrogens (tertiary/aromatic N) is 1. The number of nitro benzene ring substituents is 1. The monoisotopic (exact) mass is 294 g/mol. The summed E-state index contributed by atoms with van der Waals surface area (Å²) in [5, 5.41) is 22.3. The van der Waals surface area contributed by atoms with E-state index in [9.17, 15) is 19.7 Å². The number of rotatable bonds is 7. The number of hydrogen-bond donors (Lipinski definition) is 2. The first-order valence-electron chi connectivity index (χ1n) is 6.52. The number of nitro groups is 1. The molecule has 0 saturated heterocycles. The van der Waals surface area contributed by atoms with Crippen molar-refractivity contribution in [3.8, 4) is 0 Å². The highest BCUT2D eigenvalue weighted by molar-refractivity contribution is 5.80. The van der Waals surface area contributed by atoms with E-state index in [0.29, 0.717) is 12.0 Å². The SMILES string of the molecule is CCC(C)(CNC(=O)Cc1cccc([N+](=O)[O-])c1)C(=O)O. The van der Waals surface area contributed by atoms with Crippen molar-refractivity contribution in [2.24, 2.45) is 5.41 Å². The molecular weight excluding hydrogens is 276 g/mol. The maximum atomic E-state index is 11.8. The lowest BCUT2D eigenvalue weighted by atomic mass is 9.87. The summed E-state index contributed by atoms with van der Waals surface area (Å²) in [6, 6.07) is 5.80. The fourth-order valence-corrected chi connectivity index (χ4v) is 1.67. The largest absolute Gasteiger partial charge is 0.481 e. The molecule has 7 heteroatoms. The van der Waals surface area contributed by atoms with Crippen LogP contribution >= 0.6 is 0 Å². The smallest absolute Gasteiger partial charge is 0.311 e. The average molecular weight is 294 g/mol. The van der Waals surface area contributed by atoms with Gasteiger partial charge in [-0.2, -0.15) is 0 Å². The zero-order chi connectivity index (χ0) is 16.0. The van der Waals surface area contributed by atoms with Gasteiger partial charge in [-0.05, 0) is 18.9 Å². The molecule has 21 heavy (non-hydrogen) atoms. The molecule has 0 spiro atoms. The van der Waals surface area contributed by atoms with Crippen molar-refractivity contribution < 1.29 is 19.6 Å². The molecule has 0 aliphatic carbocycles. The van der Waals surface area contributed by atoms with Crippen LogP contribution in [0.2, 0.25) is 0 Å². The van der Waals surface area contributed by atoms with Gasteiger partial charge in [0.15, 0.2) is 0 Å². The first-order valence-corrected chi connectivity index (χ1v) is 6.52. The molecule has 0 aliphatic rings. The third kappa shape index (κ3) is 4.55. The fourth-order valence-electron chi connectivity index (χ4n) is 1.67. The Morgan fingerprint density at radius 3 is 2.62 bits per heavy atom. The van der Waals surface area contributed by atoms with Gasteiger partial charge in [-0.25, -0.2) is 0 Å². The van der Waals surface area contributed by atoms with E-state index in [1.165, 1.54) is 18.2 Å². The molecular formula is C14H18N2O5. The zero-order valence-corrected chi connectivity index (χ0v) is 12.0. The van der Waals surface area contributed by atoms with E-state index >= 15 is 0 Å². The summed E-state index contributed by atoms with van der Waals surface area (Å²) < 4.78 is 0. The number of hydrogen-bond acceptors (Lipinski definition) is 4. The minimum atomic E-state index is -1.02. The quantitative estimate of drug-likeness (QED) is 0.588. The summed E-state index contributed by atoms with van der Waals surface area (Å²) in [6.07, 6.45) is 0.362. The van der Waals surface area contributed by atoms with E-state index in [1.807, 2.05) is 0 Å². The molecule has 1 unspecified atom stereocenters. The topological polar surface area (TPSA) is 110 Å². The Hall–Kier alpha value is -2.44. The summed E-state index contributed by atoms with van der Waals surface area (Å²) in [6.45, 7) is 3.32. The molecule has 1 amide bonds. The molecule has 0 aliphatic heterocycles. The Kier molecular flexibility index (Phi) is 5.40. The first kappa shape index (κ1) is 16.6. The molecule has 1 rings (SSSR count). The molecule has 114 valence electrons. The van der Waals surface area contributed by atoms with Crippen molar-refractivity contribution in [2.75, 3.05) is 6.54 Å². The summed E-state index contributed by atoms with van der Waals surface area (Å²) in [4.78, 5) is 33.0. The van der Waals surface area contributed by atoms with Crippen LogP contribution in [0.1, 0.15) is 25.8 Å². The van der Waals surface area contributed by atoms with E-state index in [4.69, 9.17) is 5.11 Å². The third-order valence-electron chi connectivity index (χ3n) is 3.46. The second kappa shape index (κ2) is 6.83. The van der Waals surface area contributed by atoms with Gasteiger partial charge in [-0.15, -0.1) is 0 Å². The number of nitrogens with one attached hydrogen (secondary N) is 1. The van der Waals surface area contributed by atoms with Crippen LogP contribution in [0.15, 0.2) is 24.3 Å². The molecule has 0 fully saturated rings. The lowest BCUT2D eigenvalue weighted by molar-refractivity contribution is -0.384. The van der Waals surface area contributed by atoms with Crippen molar-refractivity contribution in [1.82, 2.24) is 5.32 Å². The minimum absolute atomic E-state index is 0.0204. The molecule has 1 atom stereocenters. The van der Waals surface area contributed by atoms with Gasteiger partial charge in [0.05, 0.1) is 16.8 Å². The van der Waals surface area contributed by atoms with Crippen LogP contribution in [-0.2, 0) is 16.0 Å². The Labute approximate surface area is 122 Å². The highest BCUT2D eigenvalue weighted by Crippen LogP contribution is 2.20. The van der Waals surface area contributed by atoms with Crippen molar-refractivity contribution in [3.05, 3.63) is 39.9 Å². The summed E-state index contributed by atoms with van der Waals surface area (Å²) in [7, 11) is 0. The van der Waals surface area contributed by atoms with Crippen LogP contribution in [0.3, 0.4) is 0 Å². The highest BCUT2D eigenvalue weighted by Gasteiger charge is 2.31. The van der Waals surface area contributed by atoms with Crippen molar-refractivity contribution in [2.45, 2.75) is 26.7 Å². The van der Waals surface area contributed by atoms with Gasteiger partial charge in [0.2, 0.25) is 5.91 Å². The maximum absolute atomic E-state index is 11.8. The van der Waals surface area contributed by atoms with E-state index in [1.54, 1.807) is 19.9 Å². The summed E-state index contributed by atoms with van der Waals surface area (Å²) >= 11 is 0. The number of carboxylic acids is 1. The molecule has 0 bridgehead atoms. The highest BCUT2D eigenvalue weighted by atomic mass is 16.6. The normalized spacial score (nSPS) is 13.2. The Balaban J connectivity index is 2.64. The van der Waals surface area contributed by atoms with Crippen molar-refractivity contribution in [1.29, 1.82) is 0 Å². The van der Waals surface area contributed by atoms with Gasteiger partial charge in [0.25, 0.3) is 5.69 Å². The van der Waals surface area contributed by atoms with Crippen molar-refractivity contribution >= 4 is 17.6 Å². The van der Waals surface area contributed by atoms with E-state index in [-0.39, 0.29) is 24.6 Å². The predicted molar refractivity (Wildman–Crippen MR) is 75.8 cm³/mol. The van der Waals surface area contributed by atoms with E-state index < -0.39 is 16.3 Å². The minimum Gasteiger partial charge on any atom is -0.481 e. The van der Waals surface area contributed by atoms with Crippen LogP contribution in [0, 0.1) is 15.5 Å². The molecule has 7 nitrogen and oxygen atoms in total. The lowest BCUT2D eigenvalue weighted by Gasteiger charge is -2.23. The van der Waals surface area contributed by atoms with Crippen LogP contribution in [0.4, 0.5) is 5.69 Å². The van der Waals surface area contributed by atoms with Crippen molar-refractivity contribution in [3.63, 3.8) is 0 Å². The fraction of sp³-hybridized carbons (Fsp3) is 0.429. The first-order chi connectivity index (χ1) is 9.78. The second-order valence-corrected chi connectivity index (χ2v) is 5.10. The third-order valence-corrected chi connectivity index (χ3v) is 3.46. The molecule has 0 radical (unpaired) electrons. The van der Waals surface area contributed by atoms with Crippen LogP contribution < -0.4 is 5.32 Å². The number of benzene rings is 1. The van der Waals surface area contributed by atoms with Gasteiger partial charge in [0, 0.05) is 18.7 Å². The standard InChI is InChI=1S/C14H18N2O5/c1-3-14(2,13(18)19)9-15-12(17)8-10-5-4-6-11(7-10)16(20)21/h4-7H,3,8-9H2,1-2H3,(H,15,17)(H,18,19). The van der Waals surface area contributed by atoms with E-state index in [0.717, 1.165) is 0 Å². The maximum Gasteiger partial charge on any atom is 0.311 e. The van der Waals surface area contributed by atoms with Gasteiger partial charge in [-0.1, -0.05) is 19.1 Å². The Bertz CT molecular complexity index is 558. The number of aliphatic carboxylic acids is 1. The number of carboxylic acid groups (broad SMARTS) is 1. The molecule has 0 heterocycles. The number of carbonyl (C=O) groups excluding carboxylic acids is 1. The Morgan fingerprint density at radius 1 is 1.43 bits per heavy atom. The Morgan fingerprint density at radius 2 is 2.10 bits per heavy atom. The lowest BCUT2D eigenvalue weighted by Crippen LogP contribution is -2.41. The molecule has 1 aromatic carbocycles. The molecule has 0 aromatic heterocycles. The van der Waals surface area contributed by atoms with Gasteiger partial charge >= 0.3 is 5.97 Å². The zero-order valence-electron chi connectivity index (χ0n) is 12.0. The van der Waals surface area contributed by atoms with Gasteiger partial charge in [-0.3, -0.25) is 19.7 Å².